The average Bonchev–Trinajstić information content (AvgIpc) is 2.76. The fourth-order valence-electron chi connectivity index (χ4n) is 2.75. The maximum absolute atomic E-state index is 9.72. The van der Waals surface area contributed by atoms with Crippen LogP contribution in [0.2, 0.25) is 0 Å². The van der Waals surface area contributed by atoms with E-state index in [1.807, 2.05) is 29.9 Å². The average molecular weight is 376 g/mol. The third-order valence-corrected chi connectivity index (χ3v) is 3.64. The van der Waals surface area contributed by atoms with Gasteiger partial charge in [0.2, 0.25) is 0 Å². The SMILES string of the molecule is C[n+]1ccc2ccc3[nH]c4ccc(O)cc4c3c2c1.[I-]. The number of H-pyrrole nitrogens is 1. The number of aromatic hydroxyl groups is 1. The second-order valence-electron chi connectivity index (χ2n) is 4.96. The number of pyridine rings is 1. The molecule has 0 spiro atoms. The van der Waals surface area contributed by atoms with Crippen molar-refractivity contribution >= 4 is 32.6 Å². The second-order valence-corrected chi connectivity index (χ2v) is 4.96. The van der Waals surface area contributed by atoms with Crippen molar-refractivity contribution in [2.75, 3.05) is 0 Å². The number of fused-ring (bicyclic) bond motifs is 5. The van der Waals surface area contributed by atoms with Crippen LogP contribution in [0, 0.1) is 0 Å². The van der Waals surface area contributed by atoms with Gasteiger partial charge in [-0.05, 0) is 29.7 Å². The van der Waals surface area contributed by atoms with Crippen molar-refractivity contribution in [3.8, 4) is 5.75 Å². The standard InChI is InChI=1S/C16H12N2O.HI/c1-18-7-6-10-2-4-15-16(13(10)9-18)12-8-11(19)3-5-14(12)17-15;/h2-9,19H,1H3;1H. The van der Waals surface area contributed by atoms with Gasteiger partial charge in [0.05, 0.1) is 5.39 Å². The van der Waals surface area contributed by atoms with Crippen molar-refractivity contribution < 1.29 is 33.7 Å². The van der Waals surface area contributed by atoms with Crippen molar-refractivity contribution in [3.63, 3.8) is 0 Å². The van der Waals surface area contributed by atoms with E-state index in [9.17, 15) is 5.11 Å². The first-order chi connectivity index (χ1) is 9.22. The van der Waals surface area contributed by atoms with Crippen LogP contribution in [0.3, 0.4) is 0 Å². The molecule has 0 unspecified atom stereocenters. The molecule has 2 heterocycles. The fourth-order valence-corrected chi connectivity index (χ4v) is 2.75. The first-order valence-corrected chi connectivity index (χ1v) is 6.25. The molecule has 0 saturated carbocycles. The molecule has 4 heteroatoms. The van der Waals surface area contributed by atoms with Crippen molar-refractivity contribution in [2.45, 2.75) is 0 Å². The molecule has 0 saturated heterocycles. The summed E-state index contributed by atoms with van der Waals surface area (Å²) in [5.41, 5.74) is 2.14. The van der Waals surface area contributed by atoms with Gasteiger partial charge in [-0.15, -0.1) is 0 Å². The zero-order valence-corrected chi connectivity index (χ0v) is 13.0. The van der Waals surface area contributed by atoms with E-state index in [1.165, 1.54) is 16.2 Å². The van der Waals surface area contributed by atoms with Crippen LogP contribution in [0.1, 0.15) is 0 Å². The number of hydrogen-bond donors (Lipinski definition) is 2. The van der Waals surface area contributed by atoms with Crippen LogP contribution in [-0.2, 0) is 7.05 Å². The molecule has 0 fully saturated rings. The summed E-state index contributed by atoms with van der Waals surface area (Å²) < 4.78 is 2.05. The van der Waals surface area contributed by atoms with Crippen LogP contribution in [0.5, 0.6) is 5.75 Å². The van der Waals surface area contributed by atoms with Gasteiger partial charge in [-0.25, -0.2) is 4.57 Å². The summed E-state index contributed by atoms with van der Waals surface area (Å²) in [6.07, 6.45) is 4.16. The predicted molar refractivity (Wildman–Crippen MR) is 76.2 cm³/mol. The molecule has 0 radical (unpaired) electrons. The van der Waals surface area contributed by atoms with E-state index in [2.05, 4.69) is 29.4 Å². The molecule has 0 amide bonds. The van der Waals surface area contributed by atoms with E-state index >= 15 is 0 Å². The lowest BCUT2D eigenvalue weighted by molar-refractivity contribution is -0.670. The van der Waals surface area contributed by atoms with Crippen LogP contribution in [0.25, 0.3) is 32.6 Å². The van der Waals surface area contributed by atoms with E-state index in [0.29, 0.717) is 5.75 Å². The molecule has 0 bridgehead atoms. The minimum Gasteiger partial charge on any atom is -1.00 e. The molecule has 4 rings (SSSR count). The van der Waals surface area contributed by atoms with Gasteiger partial charge in [0.25, 0.3) is 0 Å². The summed E-state index contributed by atoms with van der Waals surface area (Å²) in [4.78, 5) is 3.40. The fraction of sp³-hybridized carbons (Fsp3) is 0.0625. The highest BCUT2D eigenvalue weighted by Crippen LogP contribution is 2.33. The summed E-state index contributed by atoms with van der Waals surface area (Å²) >= 11 is 0. The van der Waals surface area contributed by atoms with Crippen LogP contribution < -0.4 is 28.5 Å². The van der Waals surface area contributed by atoms with Gasteiger partial charge in [-0.3, -0.25) is 0 Å². The van der Waals surface area contributed by atoms with E-state index in [-0.39, 0.29) is 24.0 Å². The molecule has 20 heavy (non-hydrogen) atoms. The Balaban J connectivity index is 0.00000121. The minimum absolute atomic E-state index is 0. The lowest BCUT2D eigenvalue weighted by Crippen LogP contribution is -3.00. The summed E-state index contributed by atoms with van der Waals surface area (Å²) in [6.45, 7) is 0. The van der Waals surface area contributed by atoms with E-state index in [1.54, 1.807) is 6.07 Å². The van der Waals surface area contributed by atoms with Gasteiger partial charge in [-0.2, -0.15) is 0 Å². The van der Waals surface area contributed by atoms with Gasteiger partial charge in [0, 0.05) is 27.9 Å². The maximum Gasteiger partial charge on any atom is 0.177 e. The number of aryl methyl sites for hydroxylation is 1. The number of aromatic amines is 1. The largest absolute Gasteiger partial charge is 1.00 e. The Morgan fingerprint density at radius 2 is 1.80 bits per heavy atom. The number of rotatable bonds is 0. The topological polar surface area (TPSA) is 39.9 Å². The van der Waals surface area contributed by atoms with E-state index < -0.39 is 0 Å². The third-order valence-electron chi connectivity index (χ3n) is 3.64. The number of benzene rings is 2. The Hall–Kier alpha value is -1.82. The lowest BCUT2D eigenvalue weighted by atomic mass is 10.1. The van der Waals surface area contributed by atoms with Crippen LogP contribution in [0.4, 0.5) is 0 Å². The van der Waals surface area contributed by atoms with Crippen LogP contribution in [0.15, 0.2) is 48.8 Å². The number of aromatic nitrogens is 2. The zero-order valence-electron chi connectivity index (χ0n) is 10.9. The summed E-state index contributed by atoms with van der Waals surface area (Å²) in [6, 6.07) is 11.8. The Morgan fingerprint density at radius 3 is 2.65 bits per heavy atom. The quantitative estimate of drug-likeness (QED) is 0.330. The zero-order chi connectivity index (χ0) is 13.0. The third kappa shape index (κ3) is 1.83. The molecule has 2 aromatic heterocycles. The van der Waals surface area contributed by atoms with Crippen LogP contribution in [-0.4, -0.2) is 10.1 Å². The highest BCUT2D eigenvalue weighted by atomic mass is 127. The van der Waals surface area contributed by atoms with Crippen molar-refractivity contribution in [2.24, 2.45) is 7.05 Å². The first kappa shape index (κ1) is 13.2. The smallest absolute Gasteiger partial charge is 0.177 e. The summed E-state index contributed by atoms with van der Waals surface area (Å²) in [5, 5.41) is 14.3. The number of nitrogens with one attached hydrogen (secondary N) is 1. The first-order valence-electron chi connectivity index (χ1n) is 6.25. The Bertz CT molecular complexity index is 937. The number of hydrogen-bond acceptors (Lipinski definition) is 1. The van der Waals surface area contributed by atoms with Crippen molar-refractivity contribution in [1.29, 1.82) is 0 Å². The molecule has 3 nitrogen and oxygen atoms in total. The van der Waals surface area contributed by atoms with Crippen molar-refractivity contribution in [3.05, 3.63) is 48.8 Å². The molecule has 0 atom stereocenters. The molecular weight excluding hydrogens is 363 g/mol. The predicted octanol–water partition coefficient (Wildman–Crippen LogP) is 0.00840. The molecule has 100 valence electrons. The van der Waals surface area contributed by atoms with Gasteiger partial charge in [-0.1, -0.05) is 6.07 Å². The summed E-state index contributed by atoms with van der Waals surface area (Å²) in [7, 11) is 2.02. The highest BCUT2D eigenvalue weighted by molar-refractivity contribution is 6.19. The monoisotopic (exact) mass is 376 g/mol. The van der Waals surface area contributed by atoms with Gasteiger partial charge in [0.15, 0.2) is 12.4 Å². The molecule has 0 aliphatic heterocycles. The van der Waals surface area contributed by atoms with E-state index in [0.717, 1.165) is 16.4 Å². The van der Waals surface area contributed by atoms with Crippen LogP contribution >= 0.6 is 0 Å². The van der Waals surface area contributed by atoms with Gasteiger partial charge < -0.3 is 34.1 Å². The Morgan fingerprint density at radius 1 is 1.00 bits per heavy atom. The maximum atomic E-state index is 9.72. The van der Waals surface area contributed by atoms with E-state index in [4.69, 9.17) is 0 Å². The number of nitrogens with zero attached hydrogens (tertiary/aromatic N) is 1. The van der Waals surface area contributed by atoms with Gasteiger partial charge in [0.1, 0.15) is 12.8 Å². The van der Waals surface area contributed by atoms with Crippen molar-refractivity contribution in [1.82, 2.24) is 4.98 Å². The molecule has 2 aromatic carbocycles. The minimum atomic E-state index is 0. The molecular formula is C16H13IN2O. The molecule has 2 N–H and O–H groups in total. The number of phenols is 1. The molecule has 0 aliphatic carbocycles. The second kappa shape index (κ2) is 4.63. The number of phenolic OH excluding ortho intramolecular Hbond substituents is 1. The Labute approximate surface area is 132 Å². The highest BCUT2D eigenvalue weighted by Gasteiger charge is 2.10. The summed E-state index contributed by atoms with van der Waals surface area (Å²) in [5.74, 6) is 0.297. The molecule has 4 aromatic rings. The normalized spacial score (nSPS) is 11.1. The van der Waals surface area contributed by atoms with Gasteiger partial charge >= 0.3 is 0 Å². The number of halogens is 1. The Kier molecular flexibility index (Phi) is 3.05. The molecule has 0 aliphatic rings. The lowest BCUT2D eigenvalue weighted by Gasteiger charge is -1.99.